The fourth-order valence-corrected chi connectivity index (χ4v) is 3.77. The Morgan fingerprint density at radius 2 is 1.96 bits per heavy atom. The van der Waals surface area contributed by atoms with Crippen molar-refractivity contribution < 1.29 is 9.59 Å². The lowest BCUT2D eigenvalue weighted by Crippen LogP contribution is -2.40. The molecule has 2 amide bonds. The largest absolute Gasteiger partial charge is 0.339 e. The van der Waals surface area contributed by atoms with Gasteiger partial charge in [-0.25, -0.2) is 0 Å². The maximum absolute atomic E-state index is 12.5. The van der Waals surface area contributed by atoms with Crippen molar-refractivity contribution in [1.82, 2.24) is 9.80 Å². The molecule has 126 valence electrons. The van der Waals surface area contributed by atoms with E-state index in [2.05, 4.69) is 0 Å². The van der Waals surface area contributed by atoms with Gasteiger partial charge in [-0.3, -0.25) is 9.59 Å². The molecule has 2 atom stereocenters. The highest BCUT2D eigenvalue weighted by molar-refractivity contribution is 7.12. The summed E-state index contributed by atoms with van der Waals surface area (Å²) in [6.45, 7) is 1.20. The maximum Gasteiger partial charge on any atom is 0.264 e. The first-order valence-electron chi connectivity index (χ1n) is 7.93. The topological polar surface area (TPSA) is 66.6 Å². The Hall–Kier alpha value is -2.18. The van der Waals surface area contributed by atoms with Gasteiger partial charge in [-0.2, -0.15) is 0 Å². The molecular weight excluding hydrogens is 322 g/mol. The van der Waals surface area contributed by atoms with Gasteiger partial charge in [0, 0.05) is 32.1 Å². The van der Waals surface area contributed by atoms with E-state index in [-0.39, 0.29) is 30.3 Å². The van der Waals surface area contributed by atoms with Crippen molar-refractivity contribution in [3.8, 4) is 0 Å². The van der Waals surface area contributed by atoms with E-state index >= 15 is 0 Å². The van der Waals surface area contributed by atoms with Crippen molar-refractivity contribution in [2.45, 2.75) is 12.0 Å². The second-order valence-corrected chi connectivity index (χ2v) is 7.07. The summed E-state index contributed by atoms with van der Waals surface area (Å²) in [5.74, 6) is -0.0359. The minimum absolute atomic E-state index is 0.0590. The van der Waals surface area contributed by atoms with Crippen LogP contribution in [-0.4, -0.2) is 54.3 Å². The van der Waals surface area contributed by atoms with E-state index in [4.69, 9.17) is 5.73 Å². The van der Waals surface area contributed by atoms with Gasteiger partial charge in [-0.1, -0.05) is 36.4 Å². The third-order valence-corrected chi connectivity index (χ3v) is 5.25. The molecule has 5 nitrogen and oxygen atoms in total. The van der Waals surface area contributed by atoms with Crippen molar-refractivity contribution >= 4 is 23.2 Å². The summed E-state index contributed by atoms with van der Waals surface area (Å²) in [7, 11) is 1.66. The Morgan fingerprint density at radius 1 is 1.21 bits per heavy atom. The molecule has 0 spiro atoms. The fraction of sp³-hybridized carbons (Fsp3) is 0.333. The first-order valence-corrected chi connectivity index (χ1v) is 8.81. The van der Waals surface area contributed by atoms with Crippen molar-refractivity contribution in [2.75, 3.05) is 26.7 Å². The summed E-state index contributed by atoms with van der Waals surface area (Å²) < 4.78 is 0. The second-order valence-electron chi connectivity index (χ2n) is 6.12. The summed E-state index contributed by atoms with van der Waals surface area (Å²) in [6, 6.07) is 13.6. The Kier molecular flexibility index (Phi) is 4.97. The minimum Gasteiger partial charge on any atom is -0.339 e. The molecule has 0 radical (unpaired) electrons. The number of nitrogens with two attached hydrogens (primary N) is 1. The third-order valence-electron chi connectivity index (χ3n) is 4.40. The summed E-state index contributed by atoms with van der Waals surface area (Å²) in [5.41, 5.74) is 7.39. The van der Waals surface area contributed by atoms with Gasteiger partial charge >= 0.3 is 0 Å². The van der Waals surface area contributed by atoms with Crippen LogP contribution in [0.2, 0.25) is 0 Å². The van der Waals surface area contributed by atoms with Gasteiger partial charge in [-0.15, -0.1) is 11.3 Å². The van der Waals surface area contributed by atoms with Gasteiger partial charge in [0.2, 0.25) is 5.91 Å². The average molecular weight is 343 g/mol. The number of hydrogen-bond acceptors (Lipinski definition) is 4. The molecule has 2 heterocycles. The number of carbonyl (C=O) groups is 2. The predicted molar refractivity (Wildman–Crippen MR) is 95.0 cm³/mol. The van der Waals surface area contributed by atoms with Crippen LogP contribution in [0, 0.1) is 0 Å². The first kappa shape index (κ1) is 16.7. The molecule has 24 heavy (non-hydrogen) atoms. The van der Waals surface area contributed by atoms with Gasteiger partial charge < -0.3 is 15.5 Å². The number of carbonyl (C=O) groups excluding carboxylic acids is 2. The van der Waals surface area contributed by atoms with E-state index < -0.39 is 0 Å². The summed E-state index contributed by atoms with van der Waals surface area (Å²) in [4.78, 5) is 28.7. The Balaban J connectivity index is 1.61. The fourth-order valence-electron chi connectivity index (χ4n) is 3.05. The number of likely N-dealkylation sites (tertiary alicyclic amines) is 1. The van der Waals surface area contributed by atoms with Crippen LogP contribution in [0.15, 0.2) is 47.8 Å². The van der Waals surface area contributed by atoms with Crippen LogP contribution in [-0.2, 0) is 4.79 Å². The monoisotopic (exact) mass is 343 g/mol. The number of likely N-dealkylation sites (N-methyl/N-ethyl adjacent to an activating group) is 1. The first-order chi connectivity index (χ1) is 11.6. The Labute approximate surface area is 145 Å². The van der Waals surface area contributed by atoms with Crippen LogP contribution < -0.4 is 5.73 Å². The lowest BCUT2D eigenvalue weighted by Gasteiger charge is -2.21. The number of benzene rings is 1. The molecule has 1 aliphatic heterocycles. The molecule has 0 unspecified atom stereocenters. The number of thiophene rings is 1. The van der Waals surface area contributed by atoms with Crippen LogP contribution in [0.25, 0.3) is 0 Å². The second kappa shape index (κ2) is 7.15. The summed E-state index contributed by atoms with van der Waals surface area (Å²) in [5, 5.41) is 1.85. The summed E-state index contributed by atoms with van der Waals surface area (Å²) in [6.07, 6.45) is 0. The van der Waals surface area contributed by atoms with Crippen LogP contribution in [0.3, 0.4) is 0 Å². The Bertz CT molecular complexity index is 702. The predicted octanol–water partition coefficient (Wildman–Crippen LogP) is 1.77. The molecule has 0 aliphatic carbocycles. The van der Waals surface area contributed by atoms with Gasteiger partial charge in [0.1, 0.15) is 0 Å². The number of rotatable bonds is 4. The van der Waals surface area contributed by atoms with Gasteiger partial charge in [0.15, 0.2) is 0 Å². The molecule has 1 aliphatic rings. The van der Waals surface area contributed by atoms with Crippen molar-refractivity contribution in [3.63, 3.8) is 0 Å². The highest BCUT2D eigenvalue weighted by Gasteiger charge is 2.34. The molecule has 0 saturated carbocycles. The molecular formula is C18H21N3O2S. The summed E-state index contributed by atoms with van der Waals surface area (Å²) >= 11 is 1.38. The molecule has 1 aromatic heterocycles. The molecule has 2 aromatic rings. The number of nitrogens with zero attached hydrogens (tertiary/aromatic N) is 2. The van der Waals surface area contributed by atoms with E-state index in [0.717, 1.165) is 5.56 Å². The molecule has 3 rings (SSSR count). The van der Waals surface area contributed by atoms with Crippen molar-refractivity contribution in [1.29, 1.82) is 0 Å². The maximum atomic E-state index is 12.5. The standard InChI is InChI=1S/C18H21N3O2S/c1-20(18(23)16-8-5-9-24-16)12-17(22)21-10-14(15(19)11-21)13-6-3-2-4-7-13/h2-9,14-15H,10-12,19H2,1H3/t14-,15+/m0/s1. The van der Waals surface area contributed by atoms with Crippen LogP contribution >= 0.6 is 11.3 Å². The minimum atomic E-state index is -0.124. The zero-order chi connectivity index (χ0) is 17.1. The van der Waals surface area contributed by atoms with Gasteiger partial charge in [-0.05, 0) is 17.0 Å². The lowest BCUT2D eigenvalue weighted by molar-refractivity contribution is -0.130. The highest BCUT2D eigenvalue weighted by Crippen LogP contribution is 2.26. The number of hydrogen-bond donors (Lipinski definition) is 1. The third kappa shape index (κ3) is 3.49. The molecule has 6 heteroatoms. The molecule has 0 bridgehead atoms. The highest BCUT2D eigenvalue weighted by atomic mass is 32.1. The zero-order valence-corrected chi connectivity index (χ0v) is 14.4. The van der Waals surface area contributed by atoms with E-state index in [1.807, 2.05) is 41.8 Å². The van der Waals surface area contributed by atoms with E-state index in [1.165, 1.54) is 16.2 Å². The smallest absolute Gasteiger partial charge is 0.264 e. The quantitative estimate of drug-likeness (QED) is 0.920. The Morgan fingerprint density at radius 3 is 2.62 bits per heavy atom. The van der Waals surface area contributed by atoms with Crippen molar-refractivity contribution in [2.24, 2.45) is 5.73 Å². The lowest BCUT2D eigenvalue weighted by atomic mass is 9.95. The SMILES string of the molecule is CN(CC(=O)N1C[C@@H](N)[C@H](c2ccccc2)C1)C(=O)c1cccs1. The van der Waals surface area contributed by atoms with Gasteiger partial charge in [0.05, 0.1) is 11.4 Å². The normalized spacial score (nSPS) is 20.2. The molecule has 1 saturated heterocycles. The molecule has 1 aromatic carbocycles. The van der Waals surface area contributed by atoms with E-state index in [0.29, 0.717) is 18.0 Å². The molecule has 1 fully saturated rings. The molecule has 2 N–H and O–H groups in total. The average Bonchev–Trinajstić information content (AvgIpc) is 3.24. The van der Waals surface area contributed by atoms with Crippen LogP contribution in [0.4, 0.5) is 0 Å². The zero-order valence-electron chi connectivity index (χ0n) is 13.6. The van der Waals surface area contributed by atoms with E-state index in [1.54, 1.807) is 18.0 Å². The van der Waals surface area contributed by atoms with Crippen LogP contribution in [0.1, 0.15) is 21.2 Å². The number of amides is 2. The van der Waals surface area contributed by atoms with E-state index in [9.17, 15) is 9.59 Å². The van der Waals surface area contributed by atoms with Crippen molar-refractivity contribution in [3.05, 3.63) is 58.3 Å². The van der Waals surface area contributed by atoms with Crippen LogP contribution in [0.5, 0.6) is 0 Å². The van der Waals surface area contributed by atoms with Gasteiger partial charge in [0.25, 0.3) is 5.91 Å².